The highest BCUT2D eigenvalue weighted by Crippen LogP contribution is 2.23. The lowest BCUT2D eigenvalue weighted by Gasteiger charge is -2.32. The summed E-state index contributed by atoms with van der Waals surface area (Å²) in [7, 11) is 0. The Hall–Kier alpha value is -3.52. The molecule has 1 fully saturated rings. The third-order valence-electron chi connectivity index (χ3n) is 5.48. The summed E-state index contributed by atoms with van der Waals surface area (Å²) in [4.78, 5) is 27.4. The summed E-state index contributed by atoms with van der Waals surface area (Å²) >= 11 is 0. The highest BCUT2D eigenvalue weighted by Gasteiger charge is 2.22. The van der Waals surface area contributed by atoms with Gasteiger partial charge in [0, 0.05) is 37.8 Å². The molecule has 0 saturated carbocycles. The number of ether oxygens (including phenoxy) is 1. The number of nitrogens with one attached hydrogen (secondary N) is 2. The summed E-state index contributed by atoms with van der Waals surface area (Å²) in [6, 6.07) is 17.7. The number of aromatic nitrogens is 3. The van der Waals surface area contributed by atoms with Crippen LogP contribution in [0, 0.1) is 0 Å². The first-order valence-electron chi connectivity index (χ1n) is 11.4. The van der Waals surface area contributed by atoms with Gasteiger partial charge in [-0.2, -0.15) is 15.0 Å². The number of amides is 1. The molecule has 0 bridgehead atoms. The van der Waals surface area contributed by atoms with E-state index in [1.54, 1.807) is 0 Å². The summed E-state index contributed by atoms with van der Waals surface area (Å²) in [5, 5.41) is 6.04. The third-order valence-corrected chi connectivity index (χ3v) is 5.48. The molecule has 2 heterocycles. The van der Waals surface area contributed by atoms with E-state index in [9.17, 15) is 4.79 Å². The van der Waals surface area contributed by atoms with Gasteiger partial charge in [0.15, 0.2) is 0 Å². The van der Waals surface area contributed by atoms with E-state index >= 15 is 0 Å². The summed E-state index contributed by atoms with van der Waals surface area (Å²) < 4.78 is 6.12. The van der Waals surface area contributed by atoms with Crippen molar-refractivity contribution in [1.29, 1.82) is 0 Å². The number of rotatable bonds is 8. The lowest BCUT2D eigenvalue weighted by molar-refractivity contribution is -0.114. The second-order valence-corrected chi connectivity index (χ2v) is 8.10. The maximum Gasteiger partial charge on any atom is 0.232 e. The average molecular weight is 447 g/mol. The number of anilines is 4. The highest BCUT2D eigenvalue weighted by molar-refractivity contribution is 5.89. The Labute approximate surface area is 194 Å². The van der Waals surface area contributed by atoms with Gasteiger partial charge in [0.1, 0.15) is 5.82 Å². The molecule has 2 N–H and O–H groups in total. The molecule has 1 aromatic heterocycles. The highest BCUT2D eigenvalue weighted by atomic mass is 16.5. The fourth-order valence-electron chi connectivity index (χ4n) is 3.78. The normalized spacial score (nSPS) is 14.2. The van der Waals surface area contributed by atoms with Gasteiger partial charge in [-0.1, -0.05) is 43.3 Å². The molecule has 0 atom stereocenters. The molecular weight excluding hydrogens is 416 g/mol. The van der Waals surface area contributed by atoms with E-state index in [1.165, 1.54) is 12.5 Å². The Kier molecular flexibility index (Phi) is 7.47. The van der Waals surface area contributed by atoms with Crippen LogP contribution in [0.5, 0.6) is 0 Å². The molecule has 2 aromatic carbocycles. The van der Waals surface area contributed by atoms with Crippen LogP contribution in [-0.4, -0.2) is 40.1 Å². The monoisotopic (exact) mass is 446 g/mol. The van der Waals surface area contributed by atoms with Gasteiger partial charge in [0.25, 0.3) is 0 Å². The minimum atomic E-state index is -0.112. The number of hydrogen-bond donors (Lipinski definition) is 2. The summed E-state index contributed by atoms with van der Waals surface area (Å²) in [5.74, 6) is 1.81. The first kappa shape index (κ1) is 22.7. The van der Waals surface area contributed by atoms with Crippen LogP contribution in [0.4, 0.5) is 23.3 Å². The lowest BCUT2D eigenvalue weighted by atomic mass is 10.1. The van der Waals surface area contributed by atoms with Gasteiger partial charge in [-0.25, -0.2) is 0 Å². The van der Waals surface area contributed by atoms with Crippen LogP contribution in [0.3, 0.4) is 0 Å². The molecule has 172 valence electrons. The smallest absolute Gasteiger partial charge is 0.232 e. The number of hydrogen-bond acceptors (Lipinski definition) is 7. The Morgan fingerprint density at radius 2 is 1.79 bits per heavy atom. The average Bonchev–Trinajstić information content (AvgIpc) is 2.83. The minimum absolute atomic E-state index is 0.112. The molecule has 4 rings (SSSR count). The molecule has 3 aromatic rings. The van der Waals surface area contributed by atoms with E-state index < -0.39 is 0 Å². The molecule has 8 heteroatoms. The number of nitrogens with zero attached hydrogens (tertiary/aromatic N) is 4. The zero-order valence-corrected chi connectivity index (χ0v) is 19.1. The van der Waals surface area contributed by atoms with Crippen molar-refractivity contribution in [2.75, 3.05) is 28.6 Å². The molecule has 0 spiro atoms. The Bertz CT molecular complexity index is 1070. The predicted molar refractivity (Wildman–Crippen MR) is 130 cm³/mol. The van der Waals surface area contributed by atoms with Crippen LogP contribution in [0.25, 0.3) is 0 Å². The molecule has 1 aliphatic heterocycles. The van der Waals surface area contributed by atoms with Crippen molar-refractivity contribution in [3.8, 4) is 0 Å². The van der Waals surface area contributed by atoms with Crippen LogP contribution in [-0.2, 0) is 22.6 Å². The first-order valence-corrected chi connectivity index (χ1v) is 11.4. The Morgan fingerprint density at radius 1 is 1.03 bits per heavy atom. The number of carbonyl (C=O) groups is 1. The third kappa shape index (κ3) is 6.49. The van der Waals surface area contributed by atoms with Crippen molar-refractivity contribution in [3.05, 3.63) is 66.0 Å². The van der Waals surface area contributed by atoms with Crippen LogP contribution >= 0.6 is 0 Å². The molecule has 0 aliphatic carbocycles. The van der Waals surface area contributed by atoms with Crippen LogP contribution in [0.1, 0.15) is 38.1 Å². The SMILES string of the molecule is CCc1nc(Nc2cccc(NC(C)=O)c2)nc(N2CCC(OCc3ccccc3)CC2)n1. The van der Waals surface area contributed by atoms with Gasteiger partial charge in [-0.05, 0) is 36.6 Å². The van der Waals surface area contributed by atoms with E-state index in [0.29, 0.717) is 24.9 Å². The van der Waals surface area contributed by atoms with E-state index in [2.05, 4.69) is 42.6 Å². The van der Waals surface area contributed by atoms with Crippen molar-refractivity contribution in [1.82, 2.24) is 15.0 Å². The van der Waals surface area contributed by atoms with Crippen molar-refractivity contribution < 1.29 is 9.53 Å². The second-order valence-electron chi connectivity index (χ2n) is 8.10. The van der Waals surface area contributed by atoms with Gasteiger partial charge in [-0.15, -0.1) is 0 Å². The van der Waals surface area contributed by atoms with Crippen molar-refractivity contribution >= 4 is 29.2 Å². The first-order chi connectivity index (χ1) is 16.1. The zero-order chi connectivity index (χ0) is 23.0. The second kappa shape index (κ2) is 10.9. The van der Waals surface area contributed by atoms with Gasteiger partial charge < -0.3 is 20.3 Å². The predicted octanol–water partition coefficient (Wildman–Crippen LogP) is 4.32. The van der Waals surface area contributed by atoms with Crippen LogP contribution < -0.4 is 15.5 Å². The number of benzene rings is 2. The topological polar surface area (TPSA) is 92.3 Å². The quantitative estimate of drug-likeness (QED) is 0.532. The number of piperidine rings is 1. The standard InChI is InChI=1S/C25H30N6O2/c1-3-23-28-24(27-21-11-7-10-20(16-21)26-18(2)32)30-25(29-23)31-14-12-22(13-15-31)33-17-19-8-5-4-6-9-19/h4-11,16,22H,3,12-15,17H2,1-2H3,(H,26,32)(H,27,28,29,30). The molecule has 1 amide bonds. The van der Waals surface area contributed by atoms with Crippen molar-refractivity contribution in [2.45, 2.75) is 45.8 Å². The van der Waals surface area contributed by atoms with E-state index in [4.69, 9.17) is 4.74 Å². The summed E-state index contributed by atoms with van der Waals surface area (Å²) in [6.45, 7) is 5.84. The van der Waals surface area contributed by atoms with E-state index in [1.807, 2.05) is 49.4 Å². The Morgan fingerprint density at radius 3 is 2.52 bits per heavy atom. The summed E-state index contributed by atoms with van der Waals surface area (Å²) in [6.07, 6.45) is 2.82. The largest absolute Gasteiger partial charge is 0.373 e. The molecule has 1 saturated heterocycles. The maximum atomic E-state index is 11.3. The molecule has 33 heavy (non-hydrogen) atoms. The molecule has 8 nitrogen and oxygen atoms in total. The van der Waals surface area contributed by atoms with Crippen molar-refractivity contribution in [3.63, 3.8) is 0 Å². The number of carbonyl (C=O) groups excluding carboxylic acids is 1. The maximum absolute atomic E-state index is 11.3. The fourth-order valence-corrected chi connectivity index (χ4v) is 3.78. The van der Waals surface area contributed by atoms with E-state index in [0.717, 1.165) is 43.1 Å². The van der Waals surface area contributed by atoms with Gasteiger partial charge in [-0.3, -0.25) is 4.79 Å². The van der Waals surface area contributed by atoms with Crippen LogP contribution in [0.2, 0.25) is 0 Å². The van der Waals surface area contributed by atoms with Gasteiger partial charge >= 0.3 is 0 Å². The van der Waals surface area contributed by atoms with Crippen LogP contribution in [0.15, 0.2) is 54.6 Å². The van der Waals surface area contributed by atoms with Gasteiger partial charge in [0.2, 0.25) is 17.8 Å². The van der Waals surface area contributed by atoms with Crippen molar-refractivity contribution in [2.24, 2.45) is 0 Å². The number of aryl methyl sites for hydroxylation is 1. The molecule has 1 aliphatic rings. The molecular formula is C25H30N6O2. The minimum Gasteiger partial charge on any atom is -0.373 e. The molecule has 0 unspecified atom stereocenters. The van der Waals surface area contributed by atoms with E-state index in [-0.39, 0.29) is 12.0 Å². The van der Waals surface area contributed by atoms with Gasteiger partial charge in [0.05, 0.1) is 12.7 Å². The Balaban J connectivity index is 1.39. The fraction of sp³-hybridized carbons (Fsp3) is 0.360. The zero-order valence-electron chi connectivity index (χ0n) is 19.1. The molecule has 0 radical (unpaired) electrons. The summed E-state index contributed by atoms with van der Waals surface area (Å²) in [5.41, 5.74) is 2.71. The lowest BCUT2D eigenvalue weighted by Crippen LogP contribution is -2.38.